The number of carbonyl (C=O) groups excluding carboxylic acids is 1. The maximum Gasteiger partial charge on any atom is 0.262 e. The first-order valence-corrected chi connectivity index (χ1v) is 6.58. The lowest BCUT2D eigenvalue weighted by Gasteiger charge is -2.12. The Balaban J connectivity index is 1.99. The van der Waals surface area contributed by atoms with Gasteiger partial charge in [-0.1, -0.05) is 23.7 Å². The van der Waals surface area contributed by atoms with E-state index in [1.165, 1.54) is 12.1 Å². The summed E-state index contributed by atoms with van der Waals surface area (Å²) in [5.74, 6) is -0.605. The SMILES string of the molecule is Cc1cccc(N)c1NC(=O)COc1ccc(F)cc1Cl. The minimum atomic E-state index is -0.468. The Hall–Kier alpha value is -2.27. The fourth-order valence-electron chi connectivity index (χ4n) is 1.77. The molecule has 21 heavy (non-hydrogen) atoms. The van der Waals surface area contributed by atoms with Crippen LogP contribution in [0.5, 0.6) is 5.75 Å². The maximum atomic E-state index is 12.9. The first-order chi connectivity index (χ1) is 9.97. The van der Waals surface area contributed by atoms with Gasteiger partial charge < -0.3 is 15.8 Å². The number of para-hydroxylation sites is 1. The summed E-state index contributed by atoms with van der Waals surface area (Å²) in [6.45, 7) is 1.59. The minimum Gasteiger partial charge on any atom is -0.482 e. The van der Waals surface area contributed by atoms with Crippen molar-refractivity contribution in [1.82, 2.24) is 0 Å². The van der Waals surface area contributed by atoms with E-state index in [9.17, 15) is 9.18 Å². The Kier molecular flexibility index (Phi) is 4.65. The number of ether oxygens (including phenoxy) is 1. The number of aryl methyl sites for hydroxylation is 1. The zero-order chi connectivity index (χ0) is 15.4. The molecule has 0 unspecified atom stereocenters. The van der Waals surface area contributed by atoms with Gasteiger partial charge in [0, 0.05) is 0 Å². The molecule has 0 spiro atoms. The second-order valence-corrected chi connectivity index (χ2v) is 4.86. The average Bonchev–Trinajstić information content (AvgIpc) is 2.42. The van der Waals surface area contributed by atoms with Crippen molar-refractivity contribution in [3.63, 3.8) is 0 Å². The molecular formula is C15H14ClFN2O2. The van der Waals surface area contributed by atoms with Crippen LogP contribution < -0.4 is 15.8 Å². The highest BCUT2D eigenvalue weighted by molar-refractivity contribution is 6.32. The van der Waals surface area contributed by atoms with Gasteiger partial charge in [-0.05, 0) is 36.8 Å². The van der Waals surface area contributed by atoms with Crippen LogP contribution in [0.1, 0.15) is 5.56 Å². The highest BCUT2D eigenvalue weighted by atomic mass is 35.5. The number of amides is 1. The Labute approximate surface area is 126 Å². The zero-order valence-electron chi connectivity index (χ0n) is 11.3. The highest BCUT2D eigenvalue weighted by Gasteiger charge is 2.10. The highest BCUT2D eigenvalue weighted by Crippen LogP contribution is 2.25. The lowest BCUT2D eigenvalue weighted by Crippen LogP contribution is -2.21. The zero-order valence-corrected chi connectivity index (χ0v) is 12.1. The average molecular weight is 309 g/mol. The van der Waals surface area contributed by atoms with E-state index in [4.69, 9.17) is 22.1 Å². The van der Waals surface area contributed by atoms with E-state index in [1.807, 2.05) is 13.0 Å². The van der Waals surface area contributed by atoms with Crippen LogP contribution in [0.25, 0.3) is 0 Å². The van der Waals surface area contributed by atoms with Gasteiger partial charge in [0.25, 0.3) is 5.91 Å². The third kappa shape index (κ3) is 3.86. The molecule has 110 valence electrons. The standard InChI is InChI=1S/C15H14ClFN2O2/c1-9-3-2-4-12(18)15(9)19-14(20)8-21-13-6-5-10(17)7-11(13)16/h2-7H,8,18H2,1H3,(H,19,20). The van der Waals surface area contributed by atoms with Gasteiger partial charge in [0.2, 0.25) is 0 Å². The molecule has 0 aromatic heterocycles. The van der Waals surface area contributed by atoms with Crippen molar-refractivity contribution in [2.45, 2.75) is 6.92 Å². The van der Waals surface area contributed by atoms with Gasteiger partial charge in [0.1, 0.15) is 11.6 Å². The first-order valence-electron chi connectivity index (χ1n) is 6.20. The number of nitrogens with one attached hydrogen (secondary N) is 1. The van der Waals surface area contributed by atoms with Crippen LogP contribution >= 0.6 is 11.6 Å². The molecule has 1 amide bonds. The summed E-state index contributed by atoms with van der Waals surface area (Å²) in [4.78, 5) is 11.9. The molecule has 2 aromatic carbocycles. The predicted octanol–water partition coefficient (Wildman–Crippen LogP) is 3.39. The summed E-state index contributed by atoms with van der Waals surface area (Å²) >= 11 is 5.81. The molecule has 0 bridgehead atoms. The van der Waals surface area contributed by atoms with E-state index in [-0.39, 0.29) is 23.3 Å². The second-order valence-electron chi connectivity index (χ2n) is 4.45. The Bertz CT molecular complexity index is 656. The number of carbonyl (C=O) groups is 1. The molecule has 3 N–H and O–H groups in total. The van der Waals surface area contributed by atoms with Crippen LogP contribution in [0.3, 0.4) is 0 Å². The van der Waals surface area contributed by atoms with E-state index in [2.05, 4.69) is 5.32 Å². The van der Waals surface area contributed by atoms with Crippen molar-refractivity contribution in [2.75, 3.05) is 17.7 Å². The minimum absolute atomic E-state index is 0.109. The van der Waals surface area contributed by atoms with Gasteiger partial charge in [0.05, 0.1) is 16.4 Å². The third-order valence-electron chi connectivity index (χ3n) is 2.82. The van der Waals surface area contributed by atoms with E-state index >= 15 is 0 Å². The van der Waals surface area contributed by atoms with Crippen LogP contribution in [0.2, 0.25) is 5.02 Å². The smallest absolute Gasteiger partial charge is 0.262 e. The van der Waals surface area contributed by atoms with Crippen molar-refractivity contribution >= 4 is 28.9 Å². The van der Waals surface area contributed by atoms with Crippen molar-refractivity contribution in [2.24, 2.45) is 0 Å². The first kappa shape index (κ1) is 15.1. The van der Waals surface area contributed by atoms with Crippen LogP contribution in [0.15, 0.2) is 36.4 Å². The largest absolute Gasteiger partial charge is 0.482 e. The van der Waals surface area contributed by atoms with E-state index in [0.29, 0.717) is 11.4 Å². The number of hydrogen-bond acceptors (Lipinski definition) is 3. The number of halogens is 2. The third-order valence-corrected chi connectivity index (χ3v) is 3.12. The normalized spacial score (nSPS) is 10.2. The van der Waals surface area contributed by atoms with Gasteiger partial charge in [-0.3, -0.25) is 4.79 Å². The maximum absolute atomic E-state index is 12.9. The molecule has 0 saturated carbocycles. The summed E-state index contributed by atoms with van der Waals surface area (Å²) in [5, 5.41) is 2.78. The summed E-state index contributed by atoms with van der Waals surface area (Å²) in [6.07, 6.45) is 0. The molecule has 0 radical (unpaired) electrons. The fraction of sp³-hybridized carbons (Fsp3) is 0.133. The molecule has 0 heterocycles. The number of nitrogen functional groups attached to an aromatic ring is 1. The number of anilines is 2. The molecule has 4 nitrogen and oxygen atoms in total. The van der Waals surface area contributed by atoms with Crippen LogP contribution in [0, 0.1) is 12.7 Å². The summed E-state index contributed by atoms with van der Waals surface area (Å²) < 4.78 is 18.1. The van der Waals surface area contributed by atoms with Crippen molar-refractivity contribution in [3.8, 4) is 5.75 Å². The number of nitrogens with two attached hydrogens (primary N) is 1. The van der Waals surface area contributed by atoms with E-state index < -0.39 is 5.82 Å². The van der Waals surface area contributed by atoms with Crippen molar-refractivity contribution in [1.29, 1.82) is 0 Å². The molecular weight excluding hydrogens is 295 g/mol. The van der Waals surface area contributed by atoms with Crippen LogP contribution in [-0.2, 0) is 4.79 Å². The Morgan fingerprint density at radius 3 is 2.81 bits per heavy atom. The molecule has 2 aromatic rings. The second kappa shape index (κ2) is 6.45. The lowest BCUT2D eigenvalue weighted by atomic mass is 10.1. The summed E-state index contributed by atoms with van der Waals surface area (Å²) in [7, 11) is 0. The summed E-state index contributed by atoms with van der Waals surface area (Å²) in [5.41, 5.74) is 7.68. The van der Waals surface area contributed by atoms with E-state index in [0.717, 1.165) is 11.6 Å². The van der Waals surface area contributed by atoms with Gasteiger partial charge in [-0.15, -0.1) is 0 Å². The molecule has 0 saturated heterocycles. The van der Waals surface area contributed by atoms with Crippen LogP contribution in [-0.4, -0.2) is 12.5 Å². The monoisotopic (exact) mass is 308 g/mol. The Morgan fingerprint density at radius 2 is 2.14 bits per heavy atom. The number of benzene rings is 2. The van der Waals surface area contributed by atoms with Gasteiger partial charge >= 0.3 is 0 Å². The molecule has 6 heteroatoms. The summed E-state index contributed by atoms with van der Waals surface area (Å²) in [6, 6.07) is 9.03. The molecule has 0 fully saturated rings. The van der Waals surface area contributed by atoms with Crippen molar-refractivity contribution < 1.29 is 13.9 Å². The van der Waals surface area contributed by atoms with Gasteiger partial charge in [0.15, 0.2) is 6.61 Å². The van der Waals surface area contributed by atoms with E-state index in [1.54, 1.807) is 12.1 Å². The number of hydrogen-bond donors (Lipinski definition) is 2. The Morgan fingerprint density at radius 1 is 1.38 bits per heavy atom. The lowest BCUT2D eigenvalue weighted by molar-refractivity contribution is -0.118. The number of rotatable bonds is 4. The topological polar surface area (TPSA) is 64.3 Å². The molecule has 0 aliphatic heterocycles. The van der Waals surface area contributed by atoms with Crippen molar-refractivity contribution in [3.05, 3.63) is 52.8 Å². The molecule has 0 aliphatic carbocycles. The predicted molar refractivity (Wildman–Crippen MR) is 81.1 cm³/mol. The molecule has 0 aliphatic rings. The van der Waals surface area contributed by atoms with Crippen LogP contribution in [0.4, 0.5) is 15.8 Å². The molecule has 0 atom stereocenters. The molecule has 2 rings (SSSR count). The van der Waals surface area contributed by atoms with Gasteiger partial charge in [-0.25, -0.2) is 4.39 Å². The fourth-order valence-corrected chi connectivity index (χ4v) is 1.99. The quantitative estimate of drug-likeness (QED) is 0.851. The van der Waals surface area contributed by atoms with Gasteiger partial charge in [-0.2, -0.15) is 0 Å².